The van der Waals surface area contributed by atoms with Crippen molar-refractivity contribution in [1.29, 1.82) is 0 Å². The number of carbonyl (C=O) groups is 8. The molecule has 0 fully saturated rings. The zero-order valence-corrected chi connectivity index (χ0v) is 81.0. The van der Waals surface area contributed by atoms with E-state index in [4.69, 9.17) is 19.3 Å². The van der Waals surface area contributed by atoms with E-state index >= 15 is 0 Å². The summed E-state index contributed by atoms with van der Waals surface area (Å²) in [7, 11) is -1.67. The molecule has 0 spiro atoms. The van der Waals surface area contributed by atoms with Crippen molar-refractivity contribution in [3.05, 3.63) is 234 Å². The third kappa shape index (κ3) is 30.6. The number of pyridine rings is 1. The van der Waals surface area contributed by atoms with Gasteiger partial charge in [-0.3, -0.25) is 73.0 Å². The van der Waals surface area contributed by atoms with Gasteiger partial charge in [-0.25, -0.2) is 42.5 Å². The van der Waals surface area contributed by atoms with Gasteiger partial charge in [0, 0.05) is 103 Å². The molecule has 3 aliphatic rings. The van der Waals surface area contributed by atoms with Crippen LogP contribution in [0.15, 0.2) is 246 Å². The van der Waals surface area contributed by atoms with E-state index < -0.39 is 26.6 Å². The smallest absolute Gasteiger partial charge is 0.255 e. The van der Waals surface area contributed by atoms with Gasteiger partial charge < -0.3 is 30.0 Å². The summed E-state index contributed by atoms with van der Waals surface area (Å²) in [5.41, 5.74) is 10.3. The van der Waals surface area contributed by atoms with Gasteiger partial charge in [-0.2, -0.15) is 5.10 Å². The van der Waals surface area contributed by atoms with Gasteiger partial charge in [0.15, 0.2) is 40.6 Å². The third-order valence-corrected chi connectivity index (χ3v) is 27.1. The monoisotopic (exact) mass is 2000 g/mol. The Morgan fingerprint density at radius 3 is 1.52 bits per heavy atom. The Hall–Kier alpha value is -13.8. The molecular formula is C92H88FN21O15S8. The average molecular weight is 2000 g/mol. The first-order valence-electron chi connectivity index (χ1n) is 41.3. The van der Waals surface area contributed by atoms with Crippen LogP contribution in [-0.2, 0) is 62.4 Å². The van der Waals surface area contributed by atoms with Gasteiger partial charge in [-0.1, -0.05) is 132 Å². The largest absolute Gasteiger partial charge is 0.512 e. The Balaban J connectivity index is 0.000000149. The van der Waals surface area contributed by atoms with E-state index in [2.05, 4.69) is 113 Å². The van der Waals surface area contributed by atoms with Crippen LogP contribution in [-0.4, -0.2) is 218 Å². The van der Waals surface area contributed by atoms with E-state index in [1.165, 1.54) is 155 Å². The molecule has 36 nitrogen and oxygen atoms in total. The van der Waals surface area contributed by atoms with Crippen molar-refractivity contribution in [1.82, 2.24) is 85.6 Å². The number of halogens is 1. The predicted octanol–water partition coefficient (Wildman–Crippen LogP) is 15.4. The molecule has 2 amide bonds. The molecule has 137 heavy (non-hydrogen) atoms. The molecule has 2 aliphatic heterocycles. The Morgan fingerprint density at radius 2 is 1.00 bits per heavy atom. The number of H-pyrrole nitrogens is 5. The molecule has 1 aliphatic carbocycles. The second-order valence-electron chi connectivity index (χ2n) is 29.6. The molecule has 8 aromatic carbocycles. The van der Waals surface area contributed by atoms with E-state index in [0.29, 0.717) is 137 Å². The summed E-state index contributed by atoms with van der Waals surface area (Å²) in [5.74, 6) is 6.21. The number of aryl methyl sites for hydroxylation is 1. The van der Waals surface area contributed by atoms with E-state index in [9.17, 15) is 55.4 Å². The van der Waals surface area contributed by atoms with Gasteiger partial charge in [0.2, 0.25) is 42.6 Å². The van der Waals surface area contributed by atoms with E-state index in [-0.39, 0.29) is 75.3 Å². The first kappa shape index (κ1) is 102. The van der Waals surface area contributed by atoms with Crippen LogP contribution in [0.5, 0.6) is 17.2 Å². The summed E-state index contributed by atoms with van der Waals surface area (Å²) < 4.78 is 66.8. The standard InChI is InChI=1S/C22H20N4O3S.C21H17N5O2S.C13H12N2O3S.C12H12FN3O2S.C12H14N4O3S2.C12H13N3O2S2/c1-13(27)12-30-22-24-20(25-26-22)15-3-2-4-16(9-15)21(29)23-18-7-5-14-6-8-19(28)11-17(14)10-18;1-13(27)12-29-21-24-19(25-26-21)15-4-2-5-16(10-15)20(28)23-17-7-8-18-14(11-17)6-3-9-22-18;1-8(16)6-19-12-5-10(14-15-12)9-3-2-4-11-13(9)18-7-17-11;1-7(17)6-19-12-14-11(15-16-12)9-5-8(18-2)3-4-10(9)13;1-8(17)7-20-12-14-11(15-16-12)9-4-3-5-10(6-9)21(18,19)13-2;1-8(16)7-18-12-13-11(14-15-12)9-4-3-5-10(6-9)19(2)17/h2-5,7,9-10H,6,8,11-12H2,1H3,(H,23,29)(H,24,25,26);2-11H,12H2,1H3,(H,23,28)(H,24,25,26);2-4,16H,1,5-7H2;3-5H,6H2,1-2H3,(H,14,15,16);3-6,13H,7H2,1-2H3,(H,14,15,16);3-6H,7H2,1-2H3,(H,13,14,15). The Bertz CT molecular complexity index is 7010. The van der Waals surface area contributed by atoms with Crippen molar-refractivity contribution in [3.8, 4) is 74.2 Å². The zero-order chi connectivity index (χ0) is 97.7. The normalized spacial score (nSPS) is 12.3. The highest BCUT2D eigenvalue weighted by atomic mass is 32.2. The van der Waals surface area contributed by atoms with Crippen LogP contribution < -0.4 is 29.6 Å². The van der Waals surface area contributed by atoms with Crippen LogP contribution >= 0.6 is 70.6 Å². The highest BCUT2D eigenvalue weighted by molar-refractivity contribution is 8.14. The summed E-state index contributed by atoms with van der Waals surface area (Å²) in [4.78, 5) is 119. The number of para-hydroxylation sites is 1. The van der Waals surface area contributed by atoms with Gasteiger partial charge in [0.25, 0.3) is 11.8 Å². The molecule has 1 atom stereocenters. The van der Waals surface area contributed by atoms with Crippen LogP contribution in [0.4, 0.5) is 15.8 Å². The minimum absolute atomic E-state index is 0.0314. The molecule has 8 heterocycles. The number of sulfonamides is 1. The lowest BCUT2D eigenvalue weighted by Crippen LogP contribution is -2.18. The van der Waals surface area contributed by atoms with Crippen LogP contribution in [0, 0.1) is 5.82 Å². The van der Waals surface area contributed by atoms with Crippen molar-refractivity contribution in [2.45, 2.75) is 95.9 Å². The third-order valence-electron chi connectivity index (χ3n) is 18.8. The number of hydrogen-bond acceptors (Lipinski definition) is 34. The SMILES string of the molecule is C=C(O)CSC1=NN=C(c2cccc3c2OCO3)C1.CC(=O)CSc1n[nH]c(-c2cccc(C(=O)Nc3ccc4c(c3)CC(=O)CC4)c2)n1.CC(=O)CSc1n[nH]c(-c2cccc(C(=O)Nc3ccc4ncccc4c3)c2)n1.CC(=O)CSc1n[nH]c(-c2cccc(S(C)=O)c2)n1.CNS(=O)(=O)c1cccc(-c2nc(SCC(C)=O)n[nH]2)c1.COc1ccc(F)c(-c2nc(SCC(C)=O)n[nH]2)c1. The summed E-state index contributed by atoms with van der Waals surface area (Å²) in [5, 5.41) is 61.4. The molecule has 14 aromatic rings. The minimum Gasteiger partial charge on any atom is -0.512 e. The number of aliphatic hydroxyl groups is 1. The van der Waals surface area contributed by atoms with Gasteiger partial charge in [-0.05, 0) is 174 Å². The van der Waals surface area contributed by atoms with E-state index in [1.807, 2.05) is 97.1 Å². The minimum atomic E-state index is -3.51. The van der Waals surface area contributed by atoms with E-state index in [1.54, 1.807) is 67.0 Å². The zero-order valence-electron chi connectivity index (χ0n) is 74.5. The molecule has 17 rings (SSSR count). The number of ketones is 6. The van der Waals surface area contributed by atoms with Crippen molar-refractivity contribution >= 4 is 171 Å². The molecule has 0 bridgehead atoms. The molecule has 45 heteroatoms. The Morgan fingerprint density at radius 1 is 0.511 bits per heavy atom. The van der Waals surface area contributed by atoms with Crippen molar-refractivity contribution in [2.75, 3.05) is 72.4 Å². The van der Waals surface area contributed by atoms with Crippen LogP contribution in [0.3, 0.4) is 0 Å². The van der Waals surface area contributed by atoms with Gasteiger partial charge in [0.1, 0.15) is 51.3 Å². The van der Waals surface area contributed by atoms with Crippen LogP contribution in [0.1, 0.15) is 84.9 Å². The lowest BCUT2D eigenvalue weighted by molar-refractivity contribution is -0.119. The quantitative estimate of drug-likeness (QED) is 0.0144. The van der Waals surface area contributed by atoms with Crippen molar-refractivity contribution in [2.24, 2.45) is 10.2 Å². The number of anilines is 2. The number of carbonyl (C=O) groups excluding carboxylic acids is 8. The maximum Gasteiger partial charge on any atom is 0.255 e. The molecule has 706 valence electrons. The number of rotatable bonds is 31. The van der Waals surface area contributed by atoms with Crippen molar-refractivity contribution < 1.29 is 74.7 Å². The first-order valence-corrected chi connectivity index (χ1v) is 50.2. The lowest BCUT2D eigenvalue weighted by Gasteiger charge is -2.16. The molecule has 6 aromatic heterocycles. The summed E-state index contributed by atoms with van der Waals surface area (Å²) in [6.45, 7) is 11.2. The highest BCUT2D eigenvalue weighted by Gasteiger charge is 2.26. The number of ether oxygens (including phenoxy) is 3. The fourth-order valence-corrected chi connectivity index (χ4v) is 17.3. The maximum atomic E-state index is 13.7. The number of benzene rings is 8. The highest BCUT2D eigenvalue weighted by Crippen LogP contribution is 2.38. The number of nitrogens with one attached hydrogen (secondary N) is 8. The number of nitrogens with zero attached hydrogens (tertiary/aromatic N) is 13. The number of aromatic nitrogens is 16. The Kier molecular flexibility index (Phi) is 37.0. The average Bonchev–Trinajstić information content (AvgIpc) is 1.66. The summed E-state index contributed by atoms with van der Waals surface area (Å²) in [6, 6.07) is 53.1. The molecule has 1 unspecified atom stereocenters. The van der Waals surface area contributed by atoms with Gasteiger partial charge in [0.05, 0.1) is 69.1 Å². The fraction of sp³-hybridized carbons (Fsp3) is 0.207. The number of aliphatic hydroxyl groups excluding tert-OH is 1. The molecule has 0 radical (unpaired) electrons. The number of hydrogen-bond donors (Lipinski definition) is 9. The molecular weight excluding hydrogens is 1910 g/mol. The first-order chi connectivity index (χ1) is 65.9. The molecule has 0 saturated heterocycles. The summed E-state index contributed by atoms with van der Waals surface area (Å²) >= 11 is 7.69. The summed E-state index contributed by atoms with van der Waals surface area (Å²) in [6.07, 6.45) is 5.77. The molecule has 0 saturated carbocycles. The van der Waals surface area contributed by atoms with Crippen LogP contribution in [0.25, 0.3) is 67.8 Å². The number of Topliss-reactive ketones (excluding diaryl/α,β-unsaturated/α-hetero) is 6. The van der Waals surface area contributed by atoms with E-state index in [0.717, 1.165) is 72.3 Å². The lowest BCUT2D eigenvalue weighted by atomic mass is 9.90. The van der Waals surface area contributed by atoms with Gasteiger partial charge in [-0.15, -0.1) is 42.4 Å². The maximum absolute atomic E-state index is 13.7. The Labute approximate surface area is 812 Å². The number of thioether (sulfide) groups is 6. The van der Waals surface area contributed by atoms with Crippen LogP contribution in [0.2, 0.25) is 0 Å². The number of amides is 2. The number of aromatic amines is 5. The topological polar surface area (TPSA) is 517 Å². The second kappa shape index (κ2) is 49.6. The fourth-order valence-electron chi connectivity index (χ4n) is 12.3. The van der Waals surface area contributed by atoms with Crippen molar-refractivity contribution in [3.63, 3.8) is 0 Å². The van der Waals surface area contributed by atoms with Gasteiger partial charge >= 0.3 is 0 Å². The predicted molar refractivity (Wildman–Crippen MR) is 528 cm³/mol. The molecule has 9 N–H and O–H groups in total. The number of methoxy groups -OCH3 is 1. The second-order valence-corrected chi connectivity index (χ2v) is 38.7. The number of fused-ring (bicyclic) bond motifs is 3.